The fourth-order valence-electron chi connectivity index (χ4n) is 3.14. The van der Waals surface area contributed by atoms with Crippen LogP contribution in [0.1, 0.15) is 28.6 Å². The van der Waals surface area contributed by atoms with Gasteiger partial charge in [-0.3, -0.25) is 4.79 Å². The Morgan fingerprint density at radius 1 is 1.03 bits per heavy atom. The third-order valence-electron chi connectivity index (χ3n) is 4.64. The van der Waals surface area contributed by atoms with Gasteiger partial charge in [-0.05, 0) is 70.4 Å². The summed E-state index contributed by atoms with van der Waals surface area (Å²) in [7, 11) is 0. The number of rotatable bonds is 8. The smallest absolute Gasteiger partial charge is 0.307 e. The van der Waals surface area contributed by atoms with Gasteiger partial charge in [0.1, 0.15) is 12.2 Å². The van der Waals surface area contributed by atoms with Crippen molar-refractivity contribution in [3.63, 3.8) is 0 Å². The summed E-state index contributed by atoms with van der Waals surface area (Å²) in [6.45, 7) is 2.84. The monoisotopic (exact) mass is 570 g/mol. The van der Waals surface area contributed by atoms with Crippen molar-refractivity contribution in [1.29, 1.82) is 0 Å². The van der Waals surface area contributed by atoms with Crippen LogP contribution in [-0.4, -0.2) is 18.7 Å². The van der Waals surface area contributed by atoms with E-state index in [4.69, 9.17) is 13.9 Å². The molecule has 0 aliphatic rings. The second-order valence-electron chi connectivity index (χ2n) is 7.03. The minimum absolute atomic E-state index is 0.167. The molecular formula is C25H20Br2N2O4. The van der Waals surface area contributed by atoms with Crippen LogP contribution < -0.4 is 14.9 Å². The lowest BCUT2D eigenvalue weighted by atomic mass is 10.2. The molecule has 1 N–H and O–H groups in total. The molecule has 1 heterocycles. The van der Waals surface area contributed by atoms with Crippen molar-refractivity contribution in [2.45, 2.75) is 13.5 Å². The summed E-state index contributed by atoms with van der Waals surface area (Å²) in [4.78, 5) is 12.5. The minimum Gasteiger partial charge on any atom is -0.490 e. The van der Waals surface area contributed by atoms with E-state index < -0.39 is 5.91 Å². The van der Waals surface area contributed by atoms with Gasteiger partial charge in [-0.1, -0.05) is 46.3 Å². The SMILES string of the molecule is CCOc1cc(/C=N\NC(=O)c2cc3cc(Br)cc(Br)c3o2)ccc1OCc1ccccc1. The van der Waals surface area contributed by atoms with Gasteiger partial charge in [-0.2, -0.15) is 5.10 Å². The van der Waals surface area contributed by atoms with E-state index in [2.05, 4.69) is 42.4 Å². The topological polar surface area (TPSA) is 73.1 Å². The molecule has 0 radical (unpaired) electrons. The Morgan fingerprint density at radius 2 is 1.85 bits per heavy atom. The van der Waals surface area contributed by atoms with Crippen molar-refractivity contribution in [3.8, 4) is 11.5 Å². The first-order valence-electron chi connectivity index (χ1n) is 10.2. The van der Waals surface area contributed by atoms with Crippen molar-refractivity contribution in [1.82, 2.24) is 5.43 Å². The summed E-state index contributed by atoms with van der Waals surface area (Å²) in [6, 6.07) is 20.8. The number of nitrogens with zero attached hydrogens (tertiary/aromatic N) is 1. The minimum atomic E-state index is -0.446. The number of furan rings is 1. The normalized spacial score (nSPS) is 11.1. The summed E-state index contributed by atoms with van der Waals surface area (Å²) in [5, 5.41) is 4.85. The molecule has 4 rings (SSSR count). The summed E-state index contributed by atoms with van der Waals surface area (Å²) in [5.41, 5.74) is 4.91. The number of hydrogen-bond acceptors (Lipinski definition) is 5. The molecule has 1 amide bonds. The van der Waals surface area contributed by atoms with E-state index in [1.54, 1.807) is 6.07 Å². The lowest BCUT2D eigenvalue weighted by Crippen LogP contribution is -2.16. The van der Waals surface area contributed by atoms with E-state index in [0.717, 1.165) is 25.5 Å². The first-order valence-corrected chi connectivity index (χ1v) is 11.8. The fourth-order valence-corrected chi connectivity index (χ4v) is 4.48. The number of carbonyl (C=O) groups is 1. The molecule has 0 spiro atoms. The number of nitrogens with one attached hydrogen (secondary N) is 1. The van der Waals surface area contributed by atoms with Gasteiger partial charge in [0.05, 0.1) is 17.3 Å². The fraction of sp³-hybridized carbons (Fsp3) is 0.120. The van der Waals surface area contributed by atoms with E-state index in [-0.39, 0.29) is 5.76 Å². The molecule has 0 aliphatic heterocycles. The maximum absolute atomic E-state index is 12.5. The van der Waals surface area contributed by atoms with E-state index in [0.29, 0.717) is 30.3 Å². The van der Waals surface area contributed by atoms with E-state index in [9.17, 15) is 4.79 Å². The highest BCUT2D eigenvalue weighted by Gasteiger charge is 2.14. The predicted octanol–water partition coefficient (Wildman–Crippen LogP) is 6.70. The molecule has 33 heavy (non-hydrogen) atoms. The molecule has 8 heteroatoms. The largest absolute Gasteiger partial charge is 0.490 e. The number of ether oxygens (including phenoxy) is 2. The van der Waals surface area contributed by atoms with Gasteiger partial charge < -0.3 is 13.9 Å². The number of amides is 1. The molecule has 0 fully saturated rings. The quantitative estimate of drug-likeness (QED) is 0.189. The molecule has 0 saturated heterocycles. The Hall–Kier alpha value is -3.10. The number of fused-ring (bicyclic) bond motifs is 1. The lowest BCUT2D eigenvalue weighted by molar-refractivity contribution is 0.0929. The maximum Gasteiger partial charge on any atom is 0.307 e. The Balaban J connectivity index is 1.43. The van der Waals surface area contributed by atoms with Gasteiger partial charge in [0, 0.05) is 9.86 Å². The van der Waals surface area contributed by atoms with Crippen molar-refractivity contribution in [2.24, 2.45) is 5.10 Å². The summed E-state index contributed by atoms with van der Waals surface area (Å²) in [6.07, 6.45) is 1.54. The highest BCUT2D eigenvalue weighted by molar-refractivity contribution is 9.11. The lowest BCUT2D eigenvalue weighted by Gasteiger charge is -2.12. The van der Waals surface area contributed by atoms with Crippen LogP contribution in [0.4, 0.5) is 0 Å². The summed E-state index contributed by atoms with van der Waals surface area (Å²) >= 11 is 6.86. The van der Waals surface area contributed by atoms with Crippen molar-refractivity contribution < 1.29 is 18.7 Å². The zero-order valence-electron chi connectivity index (χ0n) is 17.7. The number of benzene rings is 3. The zero-order valence-corrected chi connectivity index (χ0v) is 20.9. The molecule has 6 nitrogen and oxygen atoms in total. The Morgan fingerprint density at radius 3 is 2.64 bits per heavy atom. The third kappa shape index (κ3) is 5.83. The van der Waals surface area contributed by atoms with E-state index >= 15 is 0 Å². The first kappa shape index (κ1) is 23.1. The maximum atomic E-state index is 12.5. The van der Waals surface area contributed by atoms with Gasteiger partial charge in [-0.25, -0.2) is 5.43 Å². The highest BCUT2D eigenvalue weighted by atomic mass is 79.9. The van der Waals surface area contributed by atoms with Crippen molar-refractivity contribution in [3.05, 3.63) is 92.6 Å². The van der Waals surface area contributed by atoms with Crippen LogP contribution in [0.3, 0.4) is 0 Å². The molecule has 3 aromatic carbocycles. The number of carbonyl (C=O) groups excluding carboxylic acids is 1. The van der Waals surface area contributed by atoms with Crippen LogP contribution in [0, 0.1) is 0 Å². The molecule has 0 unspecified atom stereocenters. The highest BCUT2D eigenvalue weighted by Crippen LogP contribution is 2.31. The second-order valence-corrected chi connectivity index (χ2v) is 8.80. The second kappa shape index (κ2) is 10.7. The molecule has 0 atom stereocenters. The van der Waals surface area contributed by atoms with E-state index in [1.807, 2.05) is 67.6 Å². The van der Waals surface area contributed by atoms with Crippen LogP contribution in [0.2, 0.25) is 0 Å². The molecule has 0 saturated carbocycles. The van der Waals surface area contributed by atoms with Crippen molar-refractivity contribution in [2.75, 3.05) is 6.61 Å². The van der Waals surface area contributed by atoms with Crippen LogP contribution in [0.5, 0.6) is 11.5 Å². The van der Waals surface area contributed by atoms with Crippen LogP contribution in [0.15, 0.2) is 85.2 Å². The van der Waals surface area contributed by atoms with E-state index in [1.165, 1.54) is 6.21 Å². The molecule has 1 aromatic heterocycles. The van der Waals surface area contributed by atoms with Crippen molar-refractivity contribution >= 4 is 55.0 Å². The summed E-state index contributed by atoms with van der Waals surface area (Å²) in [5.74, 6) is 0.969. The predicted molar refractivity (Wildman–Crippen MR) is 135 cm³/mol. The van der Waals surface area contributed by atoms with Gasteiger partial charge >= 0.3 is 5.91 Å². The average molecular weight is 572 g/mol. The molecule has 0 aliphatic carbocycles. The van der Waals surface area contributed by atoms with Gasteiger partial charge in [0.25, 0.3) is 0 Å². The number of hydrazone groups is 1. The third-order valence-corrected chi connectivity index (χ3v) is 5.69. The molecule has 4 aromatic rings. The van der Waals surface area contributed by atoms with Gasteiger partial charge in [-0.15, -0.1) is 0 Å². The molecule has 168 valence electrons. The van der Waals surface area contributed by atoms with Gasteiger partial charge in [0.15, 0.2) is 17.3 Å². The van der Waals surface area contributed by atoms with Crippen LogP contribution >= 0.6 is 31.9 Å². The first-order chi connectivity index (χ1) is 16.0. The van der Waals surface area contributed by atoms with Crippen LogP contribution in [0.25, 0.3) is 11.0 Å². The number of halogens is 2. The van der Waals surface area contributed by atoms with Crippen LogP contribution in [-0.2, 0) is 6.61 Å². The number of hydrogen-bond donors (Lipinski definition) is 1. The zero-order chi connectivity index (χ0) is 23.2. The Labute approximate surface area is 207 Å². The summed E-state index contributed by atoms with van der Waals surface area (Å²) < 4.78 is 18.9. The average Bonchev–Trinajstić information content (AvgIpc) is 3.24. The Bertz CT molecular complexity index is 1300. The standard InChI is InChI=1S/C25H20Br2N2O4/c1-2-31-22-10-17(8-9-21(22)32-15-16-6-4-3-5-7-16)14-28-29-25(30)23-12-18-11-19(26)13-20(27)24(18)33-23/h3-14H,2,15H2,1H3,(H,29,30)/b28-14-. The molecule has 0 bridgehead atoms. The molecular weight excluding hydrogens is 552 g/mol. The van der Waals surface area contributed by atoms with Gasteiger partial charge in [0.2, 0.25) is 0 Å². The Kier molecular flexibility index (Phi) is 7.47.